The molecular formula is C18H24N6. The van der Waals surface area contributed by atoms with Gasteiger partial charge >= 0.3 is 0 Å². The van der Waals surface area contributed by atoms with Crippen LogP contribution in [0.4, 0.5) is 11.6 Å². The van der Waals surface area contributed by atoms with E-state index in [0.717, 1.165) is 43.5 Å². The van der Waals surface area contributed by atoms with E-state index >= 15 is 0 Å². The van der Waals surface area contributed by atoms with Crippen molar-refractivity contribution in [1.29, 1.82) is 0 Å². The summed E-state index contributed by atoms with van der Waals surface area (Å²) in [5, 5.41) is 0. The van der Waals surface area contributed by atoms with Crippen LogP contribution in [0.3, 0.4) is 0 Å². The first kappa shape index (κ1) is 15.3. The number of hydrogen-bond donors (Lipinski definition) is 0. The number of anilines is 2. The van der Waals surface area contributed by atoms with Gasteiger partial charge in [-0.15, -0.1) is 0 Å². The molecule has 2 aliphatic heterocycles. The Labute approximate surface area is 143 Å². The van der Waals surface area contributed by atoms with Crippen molar-refractivity contribution in [3.63, 3.8) is 0 Å². The van der Waals surface area contributed by atoms with E-state index in [0.29, 0.717) is 11.8 Å². The molecule has 2 saturated heterocycles. The second-order valence-corrected chi connectivity index (χ2v) is 7.91. The molecule has 24 heavy (non-hydrogen) atoms. The van der Waals surface area contributed by atoms with E-state index < -0.39 is 0 Å². The predicted octanol–water partition coefficient (Wildman–Crippen LogP) is 2.14. The molecule has 2 unspecified atom stereocenters. The molecule has 6 heteroatoms. The van der Waals surface area contributed by atoms with Crippen molar-refractivity contribution in [2.24, 2.45) is 11.8 Å². The molecule has 2 aliphatic rings. The van der Waals surface area contributed by atoms with Crippen LogP contribution < -0.4 is 9.80 Å². The lowest BCUT2D eigenvalue weighted by atomic mass is 9.92. The highest BCUT2D eigenvalue weighted by Gasteiger charge is 2.41. The number of aromatic nitrogens is 4. The van der Waals surface area contributed by atoms with Crippen LogP contribution >= 0.6 is 0 Å². The third kappa shape index (κ3) is 2.81. The Hall–Kier alpha value is -2.24. The quantitative estimate of drug-likeness (QED) is 0.843. The fourth-order valence-corrected chi connectivity index (χ4v) is 3.75. The molecule has 2 fully saturated rings. The number of fused-ring (bicyclic) bond motifs is 1. The molecular weight excluding hydrogens is 300 g/mol. The zero-order valence-electron chi connectivity index (χ0n) is 14.6. The molecule has 0 spiro atoms. The van der Waals surface area contributed by atoms with Crippen LogP contribution in [0.5, 0.6) is 0 Å². The highest BCUT2D eigenvalue weighted by Crippen LogP contribution is 2.35. The maximum Gasteiger partial charge on any atom is 0.147 e. The number of rotatable bonds is 2. The van der Waals surface area contributed by atoms with Gasteiger partial charge in [-0.25, -0.2) is 15.0 Å². The number of hydrogen-bond acceptors (Lipinski definition) is 6. The van der Waals surface area contributed by atoms with E-state index in [1.807, 2.05) is 6.20 Å². The highest BCUT2D eigenvalue weighted by atomic mass is 15.3. The van der Waals surface area contributed by atoms with Gasteiger partial charge in [0, 0.05) is 61.9 Å². The Morgan fingerprint density at radius 1 is 0.875 bits per heavy atom. The zero-order valence-corrected chi connectivity index (χ0v) is 14.6. The van der Waals surface area contributed by atoms with Crippen molar-refractivity contribution in [3.05, 3.63) is 36.7 Å². The second kappa shape index (κ2) is 5.69. The van der Waals surface area contributed by atoms with Crippen LogP contribution in [-0.2, 0) is 5.41 Å². The lowest BCUT2D eigenvalue weighted by molar-refractivity contribution is 0.533. The Morgan fingerprint density at radius 3 is 2.12 bits per heavy atom. The molecule has 0 aromatic carbocycles. The molecule has 2 aromatic heterocycles. The normalized spacial score (nSPS) is 23.6. The summed E-state index contributed by atoms with van der Waals surface area (Å²) in [5.74, 6) is 3.39. The first-order valence-corrected chi connectivity index (χ1v) is 8.59. The minimum absolute atomic E-state index is 0.0517. The lowest BCUT2D eigenvalue weighted by Crippen LogP contribution is -2.30. The van der Waals surface area contributed by atoms with E-state index in [-0.39, 0.29) is 5.41 Å². The summed E-state index contributed by atoms with van der Waals surface area (Å²) < 4.78 is 0. The summed E-state index contributed by atoms with van der Waals surface area (Å²) in [6, 6.07) is 2.15. The maximum absolute atomic E-state index is 4.52. The highest BCUT2D eigenvalue weighted by molar-refractivity contribution is 5.45. The third-order valence-corrected chi connectivity index (χ3v) is 5.10. The van der Waals surface area contributed by atoms with E-state index in [1.165, 1.54) is 0 Å². The average Bonchev–Trinajstić information content (AvgIpc) is 3.14. The SMILES string of the molecule is CC(C)(C)c1cc(N2CC3CN(c4cnccn4)CC3C2)ncn1. The van der Waals surface area contributed by atoms with Gasteiger partial charge in [0.05, 0.1) is 11.9 Å². The first-order chi connectivity index (χ1) is 11.5. The number of nitrogens with zero attached hydrogens (tertiary/aromatic N) is 6. The minimum Gasteiger partial charge on any atom is -0.356 e. The molecule has 126 valence electrons. The molecule has 4 heterocycles. The van der Waals surface area contributed by atoms with Crippen LogP contribution in [0.1, 0.15) is 26.5 Å². The molecule has 0 amide bonds. The monoisotopic (exact) mass is 324 g/mol. The van der Waals surface area contributed by atoms with Crippen molar-refractivity contribution in [3.8, 4) is 0 Å². The molecule has 0 radical (unpaired) electrons. The van der Waals surface area contributed by atoms with E-state index in [2.05, 4.69) is 56.6 Å². The molecule has 0 bridgehead atoms. The van der Waals surface area contributed by atoms with Gasteiger partial charge in [-0.1, -0.05) is 20.8 Å². The summed E-state index contributed by atoms with van der Waals surface area (Å²) in [7, 11) is 0. The largest absolute Gasteiger partial charge is 0.356 e. The summed E-state index contributed by atoms with van der Waals surface area (Å²) in [4.78, 5) is 22.4. The van der Waals surface area contributed by atoms with Crippen LogP contribution in [0.15, 0.2) is 31.0 Å². The van der Waals surface area contributed by atoms with Crippen LogP contribution in [-0.4, -0.2) is 46.1 Å². The van der Waals surface area contributed by atoms with Crippen molar-refractivity contribution in [1.82, 2.24) is 19.9 Å². The van der Waals surface area contributed by atoms with E-state index in [4.69, 9.17) is 0 Å². The average molecular weight is 324 g/mol. The van der Waals surface area contributed by atoms with Crippen molar-refractivity contribution in [2.45, 2.75) is 26.2 Å². The van der Waals surface area contributed by atoms with Gasteiger partial charge in [-0.2, -0.15) is 0 Å². The van der Waals surface area contributed by atoms with Crippen LogP contribution in [0, 0.1) is 11.8 Å². The Balaban J connectivity index is 1.46. The molecule has 2 atom stereocenters. The predicted molar refractivity (Wildman–Crippen MR) is 94.2 cm³/mol. The molecule has 0 aliphatic carbocycles. The second-order valence-electron chi connectivity index (χ2n) is 7.91. The van der Waals surface area contributed by atoms with Crippen molar-refractivity contribution >= 4 is 11.6 Å². The molecule has 2 aromatic rings. The summed E-state index contributed by atoms with van der Waals surface area (Å²) in [5.41, 5.74) is 1.15. The fraction of sp³-hybridized carbons (Fsp3) is 0.556. The van der Waals surface area contributed by atoms with Gasteiger partial charge in [0.15, 0.2) is 0 Å². The summed E-state index contributed by atoms with van der Waals surface area (Å²) in [6.45, 7) is 10.8. The Morgan fingerprint density at radius 2 is 1.54 bits per heavy atom. The lowest BCUT2D eigenvalue weighted by Gasteiger charge is -2.24. The third-order valence-electron chi connectivity index (χ3n) is 5.10. The molecule has 4 rings (SSSR count). The summed E-state index contributed by atoms with van der Waals surface area (Å²) >= 11 is 0. The zero-order chi connectivity index (χ0) is 16.7. The van der Waals surface area contributed by atoms with Gasteiger partial charge in [0.25, 0.3) is 0 Å². The standard InChI is InChI=1S/C18H24N6/c1-18(2,3)15-6-16(22-12-21-15)23-8-13-10-24(11-14(13)9-23)17-7-19-4-5-20-17/h4-7,12-14H,8-11H2,1-3H3. The Kier molecular flexibility index (Phi) is 3.62. The van der Waals surface area contributed by atoms with Gasteiger partial charge in [-0.05, 0) is 0 Å². The topological polar surface area (TPSA) is 58.0 Å². The molecule has 0 saturated carbocycles. The van der Waals surface area contributed by atoms with Crippen LogP contribution in [0.2, 0.25) is 0 Å². The molecule has 0 N–H and O–H groups in total. The van der Waals surface area contributed by atoms with Gasteiger partial charge in [0.1, 0.15) is 18.0 Å². The van der Waals surface area contributed by atoms with E-state index in [1.54, 1.807) is 18.7 Å². The smallest absolute Gasteiger partial charge is 0.147 e. The van der Waals surface area contributed by atoms with Crippen molar-refractivity contribution < 1.29 is 0 Å². The Bertz CT molecular complexity index is 697. The maximum atomic E-state index is 4.52. The fourth-order valence-electron chi connectivity index (χ4n) is 3.75. The first-order valence-electron chi connectivity index (χ1n) is 8.59. The minimum atomic E-state index is 0.0517. The van der Waals surface area contributed by atoms with Gasteiger partial charge in [-0.3, -0.25) is 4.98 Å². The summed E-state index contributed by atoms with van der Waals surface area (Å²) in [6.07, 6.45) is 7.06. The van der Waals surface area contributed by atoms with Crippen LogP contribution in [0.25, 0.3) is 0 Å². The van der Waals surface area contributed by atoms with E-state index in [9.17, 15) is 0 Å². The van der Waals surface area contributed by atoms with Crippen molar-refractivity contribution in [2.75, 3.05) is 36.0 Å². The van der Waals surface area contributed by atoms with Gasteiger partial charge in [0.2, 0.25) is 0 Å². The molecule has 6 nitrogen and oxygen atoms in total. The van der Waals surface area contributed by atoms with Gasteiger partial charge < -0.3 is 9.80 Å².